The van der Waals surface area contributed by atoms with Crippen LogP contribution in [-0.2, 0) is 27.4 Å². The highest BCUT2D eigenvalue weighted by atomic mass is 32.1. The van der Waals surface area contributed by atoms with Crippen LogP contribution >= 0.6 is 11.3 Å². The number of halogens is 2. The Kier molecular flexibility index (Phi) is 6.15. The molecule has 0 bridgehead atoms. The summed E-state index contributed by atoms with van der Waals surface area (Å²) in [6.07, 6.45) is -0.191. The van der Waals surface area contributed by atoms with Crippen molar-refractivity contribution in [2.45, 2.75) is 45.1 Å². The van der Waals surface area contributed by atoms with Crippen molar-refractivity contribution in [3.63, 3.8) is 0 Å². The first-order chi connectivity index (χ1) is 14.3. The number of amides is 1. The van der Waals surface area contributed by atoms with Gasteiger partial charge in [-0.3, -0.25) is 9.69 Å². The zero-order valence-corrected chi connectivity index (χ0v) is 17.9. The number of nitrogens with zero attached hydrogens (tertiary/aromatic N) is 2. The number of morpholine rings is 1. The molecule has 30 heavy (non-hydrogen) atoms. The monoisotopic (exact) mass is 437 g/mol. The smallest absolute Gasteiger partial charge is 0.249 e. The molecule has 1 aromatic carbocycles. The number of hydrogen-bond donors (Lipinski definition) is 1. The van der Waals surface area contributed by atoms with Crippen LogP contribution in [0.25, 0.3) is 0 Å². The van der Waals surface area contributed by atoms with Crippen molar-refractivity contribution in [2.24, 2.45) is 0 Å². The number of nitrogens with one attached hydrogen (secondary N) is 1. The quantitative estimate of drug-likeness (QED) is 0.779. The summed E-state index contributed by atoms with van der Waals surface area (Å²) >= 11 is 1.71. The first-order valence-electron chi connectivity index (χ1n) is 9.95. The molecule has 2 aromatic rings. The van der Waals surface area contributed by atoms with Gasteiger partial charge in [0, 0.05) is 43.5 Å². The highest BCUT2D eigenvalue weighted by Gasteiger charge is 2.46. The zero-order chi connectivity index (χ0) is 21.3. The summed E-state index contributed by atoms with van der Waals surface area (Å²) in [7, 11) is 0. The summed E-state index contributed by atoms with van der Waals surface area (Å²) in [6, 6.07) is 3.20. The van der Waals surface area contributed by atoms with Gasteiger partial charge in [-0.05, 0) is 31.5 Å². The molecule has 2 aliphatic rings. The van der Waals surface area contributed by atoms with E-state index in [1.54, 1.807) is 11.3 Å². The number of carbonyl (C=O) groups is 1. The zero-order valence-electron chi connectivity index (χ0n) is 17.0. The number of hydrogen-bond acceptors (Lipinski definition) is 6. The van der Waals surface area contributed by atoms with E-state index in [1.807, 2.05) is 13.8 Å². The number of carbonyl (C=O) groups excluding carboxylic acids is 1. The van der Waals surface area contributed by atoms with E-state index in [4.69, 9.17) is 9.47 Å². The predicted octanol–water partition coefficient (Wildman–Crippen LogP) is 2.71. The van der Waals surface area contributed by atoms with Crippen LogP contribution < -0.4 is 5.32 Å². The molecular formula is C21H25F2N3O3S. The predicted molar refractivity (Wildman–Crippen MR) is 108 cm³/mol. The molecule has 6 nitrogen and oxygen atoms in total. The van der Waals surface area contributed by atoms with Crippen LogP contribution in [0.4, 0.5) is 8.78 Å². The number of ether oxygens (including phenoxy) is 2. The third kappa shape index (κ3) is 4.85. The fourth-order valence-electron chi connectivity index (χ4n) is 4.09. The second-order valence-corrected chi connectivity index (χ2v) is 9.27. The topological polar surface area (TPSA) is 63.7 Å². The van der Waals surface area contributed by atoms with Crippen molar-refractivity contribution in [3.8, 4) is 0 Å². The van der Waals surface area contributed by atoms with Gasteiger partial charge in [-0.15, -0.1) is 11.3 Å². The second-order valence-electron chi connectivity index (χ2n) is 7.98. The summed E-state index contributed by atoms with van der Waals surface area (Å²) in [5.41, 5.74) is 0.911. The number of benzene rings is 1. The summed E-state index contributed by atoms with van der Waals surface area (Å²) in [4.78, 5) is 20.6. The third-order valence-electron chi connectivity index (χ3n) is 5.48. The van der Waals surface area contributed by atoms with Crippen LogP contribution in [0.1, 0.15) is 27.6 Å². The Hall–Kier alpha value is -1.94. The maximum absolute atomic E-state index is 13.3. The molecule has 4 rings (SSSR count). The molecule has 9 heteroatoms. The van der Waals surface area contributed by atoms with E-state index in [9.17, 15) is 13.6 Å². The SMILES string of the molecule is Cc1nc(C)c(CN2CCO[C@]3(CO[C@H](C(=O)NCc4cc(F)cc(F)c4)C3)C2)s1. The molecule has 0 saturated carbocycles. The third-order valence-corrected chi connectivity index (χ3v) is 6.54. The minimum absolute atomic E-state index is 0.0390. The van der Waals surface area contributed by atoms with Gasteiger partial charge in [-0.1, -0.05) is 0 Å². The number of aromatic nitrogens is 1. The number of aryl methyl sites for hydroxylation is 2. The van der Waals surface area contributed by atoms with Gasteiger partial charge in [0.05, 0.1) is 23.9 Å². The Bertz CT molecular complexity index is 918. The lowest BCUT2D eigenvalue weighted by Gasteiger charge is -2.39. The molecule has 2 saturated heterocycles. The highest BCUT2D eigenvalue weighted by Crippen LogP contribution is 2.33. The molecule has 1 amide bonds. The number of rotatable bonds is 5. The molecule has 2 atom stereocenters. The van der Waals surface area contributed by atoms with E-state index in [-0.39, 0.29) is 12.5 Å². The fraction of sp³-hybridized carbons (Fsp3) is 0.524. The van der Waals surface area contributed by atoms with Crippen LogP contribution in [0.5, 0.6) is 0 Å². The molecule has 0 aliphatic carbocycles. The van der Waals surface area contributed by atoms with E-state index in [0.29, 0.717) is 31.7 Å². The Morgan fingerprint density at radius 3 is 2.80 bits per heavy atom. The van der Waals surface area contributed by atoms with Crippen LogP contribution in [-0.4, -0.2) is 53.8 Å². The largest absolute Gasteiger partial charge is 0.370 e. The Morgan fingerprint density at radius 2 is 2.10 bits per heavy atom. The molecule has 1 spiro atoms. The first-order valence-corrected chi connectivity index (χ1v) is 10.8. The van der Waals surface area contributed by atoms with Crippen molar-refractivity contribution < 1.29 is 23.0 Å². The Labute approximate surface area is 178 Å². The molecule has 2 aliphatic heterocycles. The maximum atomic E-state index is 13.3. The van der Waals surface area contributed by atoms with E-state index in [0.717, 1.165) is 29.9 Å². The van der Waals surface area contributed by atoms with Gasteiger partial charge in [0.25, 0.3) is 0 Å². The summed E-state index contributed by atoms with van der Waals surface area (Å²) < 4.78 is 38.4. The van der Waals surface area contributed by atoms with Crippen molar-refractivity contribution in [2.75, 3.05) is 26.3 Å². The van der Waals surface area contributed by atoms with Gasteiger partial charge in [-0.25, -0.2) is 13.8 Å². The summed E-state index contributed by atoms with van der Waals surface area (Å²) in [5, 5.41) is 3.77. The Morgan fingerprint density at radius 1 is 1.33 bits per heavy atom. The maximum Gasteiger partial charge on any atom is 0.249 e. The molecule has 1 N–H and O–H groups in total. The normalized spacial score (nSPS) is 24.5. The average Bonchev–Trinajstić information content (AvgIpc) is 3.22. The molecule has 0 unspecified atom stereocenters. The second kappa shape index (κ2) is 8.66. The standard InChI is InChI=1S/C21H25F2N3O3S/c1-13-19(30-14(2)25-13)10-26-3-4-29-21(11-26)8-18(28-12-21)20(27)24-9-15-5-16(22)7-17(23)6-15/h5-7,18H,3-4,8-12H2,1-2H3,(H,24,27)/t18-,21-/m0/s1. The molecule has 0 radical (unpaired) electrons. The number of thiazole rings is 1. The lowest BCUT2D eigenvalue weighted by molar-refractivity contribution is -0.130. The lowest BCUT2D eigenvalue weighted by atomic mass is 9.97. The van der Waals surface area contributed by atoms with Crippen molar-refractivity contribution in [1.82, 2.24) is 15.2 Å². The van der Waals surface area contributed by atoms with Gasteiger partial charge in [0.2, 0.25) is 5.91 Å². The van der Waals surface area contributed by atoms with Gasteiger partial charge >= 0.3 is 0 Å². The minimum atomic E-state index is -0.669. The highest BCUT2D eigenvalue weighted by molar-refractivity contribution is 7.11. The van der Waals surface area contributed by atoms with Gasteiger partial charge < -0.3 is 14.8 Å². The summed E-state index contributed by atoms with van der Waals surface area (Å²) in [6.45, 7) is 7.31. The molecule has 3 heterocycles. The van der Waals surface area contributed by atoms with Gasteiger partial charge in [0.15, 0.2) is 0 Å². The van der Waals surface area contributed by atoms with Crippen molar-refractivity contribution in [1.29, 1.82) is 0 Å². The lowest BCUT2D eigenvalue weighted by Crippen LogP contribution is -2.52. The molecule has 162 valence electrons. The first kappa shape index (κ1) is 21.3. The van der Waals surface area contributed by atoms with E-state index >= 15 is 0 Å². The molecule has 2 fully saturated rings. The molecule has 1 aromatic heterocycles. The van der Waals surface area contributed by atoms with Gasteiger partial charge in [-0.2, -0.15) is 0 Å². The van der Waals surface area contributed by atoms with E-state index < -0.39 is 23.3 Å². The van der Waals surface area contributed by atoms with Crippen LogP contribution in [0.15, 0.2) is 18.2 Å². The minimum Gasteiger partial charge on any atom is -0.370 e. The van der Waals surface area contributed by atoms with E-state index in [2.05, 4.69) is 15.2 Å². The fourth-order valence-corrected chi connectivity index (χ4v) is 5.06. The summed E-state index contributed by atoms with van der Waals surface area (Å²) in [5.74, 6) is -1.64. The van der Waals surface area contributed by atoms with Gasteiger partial charge in [0.1, 0.15) is 23.3 Å². The molecular weight excluding hydrogens is 412 g/mol. The average molecular weight is 438 g/mol. The van der Waals surface area contributed by atoms with Crippen molar-refractivity contribution >= 4 is 17.2 Å². The Balaban J connectivity index is 1.33. The van der Waals surface area contributed by atoms with E-state index in [1.165, 1.54) is 17.0 Å². The van der Waals surface area contributed by atoms with Crippen molar-refractivity contribution in [3.05, 3.63) is 51.0 Å². The van der Waals surface area contributed by atoms with Crippen LogP contribution in [0.2, 0.25) is 0 Å². The van der Waals surface area contributed by atoms with Crippen LogP contribution in [0, 0.1) is 25.5 Å². The van der Waals surface area contributed by atoms with Crippen LogP contribution in [0.3, 0.4) is 0 Å².